The van der Waals surface area contributed by atoms with E-state index < -0.39 is 0 Å². The normalized spacial score (nSPS) is 10.0. The van der Waals surface area contributed by atoms with Crippen molar-refractivity contribution in [2.24, 2.45) is 5.73 Å². The fourth-order valence-electron chi connectivity index (χ4n) is 1.06. The van der Waals surface area contributed by atoms with E-state index >= 15 is 0 Å². The van der Waals surface area contributed by atoms with Gasteiger partial charge in [-0.2, -0.15) is 0 Å². The summed E-state index contributed by atoms with van der Waals surface area (Å²) in [6.07, 6.45) is 3.02. The van der Waals surface area contributed by atoms with E-state index in [1.54, 1.807) is 11.3 Å². The third kappa shape index (κ3) is 2.74. The summed E-state index contributed by atoms with van der Waals surface area (Å²) in [5.74, 6) is 0.466. The fourth-order valence-corrected chi connectivity index (χ4v) is 1.78. The fraction of sp³-hybridized carbons (Fsp3) is 0.100. The Morgan fingerprint density at radius 2 is 2.31 bits per heavy atom. The number of rotatable bonds is 4. The molecule has 0 aromatic carbocycles. The summed E-state index contributed by atoms with van der Waals surface area (Å²) in [5.41, 5.74) is 5.90. The molecule has 0 spiro atoms. The van der Waals surface area contributed by atoms with Gasteiger partial charge in [-0.3, -0.25) is 0 Å². The van der Waals surface area contributed by atoms with Crippen molar-refractivity contribution in [3.05, 3.63) is 40.5 Å². The van der Waals surface area contributed by atoms with Crippen molar-refractivity contribution < 1.29 is 4.74 Å². The van der Waals surface area contributed by atoms with Gasteiger partial charge in [-0.15, -0.1) is 11.3 Å². The number of thiophene rings is 1. The van der Waals surface area contributed by atoms with Gasteiger partial charge in [0.15, 0.2) is 0 Å². The highest BCUT2D eigenvalue weighted by Gasteiger charge is 2.01. The molecule has 0 radical (unpaired) electrons. The largest absolute Gasteiger partial charge is 0.471 e. The molecule has 0 aliphatic rings. The highest BCUT2D eigenvalue weighted by atomic mass is 32.1. The summed E-state index contributed by atoms with van der Waals surface area (Å²) in [7, 11) is 0. The Bertz CT molecular complexity index is 467. The summed E-state index contributed by atoms with van der Waals surface area (Å²) in [5, 5.41) is 2.00. The third-order valence-electron chi connectivity index (χ3n) is 1.82. The van der Waals surface area contributed by atoms with Crippen molar-refractivity contribution in [1.82, 2.24) is 9.97 Å². The van der Waals surface area contributed by atoms with Crippen molar-refractivity contribution in [3.63, 3.8) is 0 Å². The SMILES string of the molecule is NC(=S)c1cnc(OCc2cccs2)cn1. The molecule has 0 aliphatic carbocycles. The minimum atomic E-state index is 0.234. The molecular weight excluding hydrogens is 242 g/mol. The first kappa shape index (κ1) is 11.0. The van der Waals surface area contributed by atoms with Crippen molar-refractivity contribution in [1.29, 1.82) is 0 Å². The average molecular weight is 251 g/mol. The summed E-state index contributed by atoms with van der Waals surface area (Å²) >= 11 is 6.41. The van der Waals surface area contributed by atoms with E-state index in [4.69, 9.17) is 22.7 Å². The maximum atomic E-state index is 5.44. The minimum absolute atomic E-state index is 0.234. The topological polar surface area (TPSA) is 61.0 Å². The van der Waals surface area contributed by atoms with E-state index in [0.29, 0.717) is 18.2 Å². The lowest BCUT2D eigenvalue weighted by molar-refractivity contribution is 0.296. The van der Waals surface area contributed by atoms with Crippen LogP contribution >= 0.6 is 23.6 Å². The number of nitrogens with zero attached hydrogens (tertiary/aromatic N) is 2. The average Bonchev–Trinajstić information content (AvgIpc) is 2.80. The van der Waals surface area contributed by atoms with Crippen LogP contribution in [0.15, 0.2) is 29.9 Å². The van der Waals surface area contributed by atoms with Crippen molar-refractivity contribution in [3.8, 4) is 5.88 Å². The van der Waals surface area contributed by atoms with Crippen LogP contribution in [0.3, 0.4) is 0 Å². The van der Waals surface area contributed by atoms with Crippen LogP contribution in [0.5, 0.6) is 5.88 Å². The highest BCUT2D eigenvalue weighted by molar-refractivity contribution is 7.80. The molecule has 82 valence electrons. The van der Waals surface area contributed by atoms with Crippen LogP contribution in [-0.2, 0) is 6.61 Å². The first-order chi connectivity index (χ1) is 7.75. The Kier molecular flexibility index (Phi) is 3.43. The molecule has 0 unspecified atom stereocenters. The highest BCUT2D eigenvalue weighted by Crippen LogP contribution is 2.12. The smallest absolute Gasteiger partial charge is 0.232 e. The zero-order valence-electron chi connectivity index (χ0n) is 8.29. The minimum Gasteiger partial charge on any atom is -0.471 e. The van der Waals surface area contributed by atoms with Gasteiger partial charge in [0.25, 0.3) is 0 Å². The monoisotopic (exact) mass is 251 g/mol. The Labute approximate surface area is 102 Å². The molecule has 0 saturated heterocycles. The van der Waals surface area contributed by atoms with Crippen LogP contribution in [0.25, 0.3) is 0 Å². The molecule has 2 aromatic heterocycles. The Morgan fingerprint density at radius 3 is 2.88 bits per heavy atom. The van der Waals surface area contributed by atoms with Gasteiger partial charge in [0.05, 0.1) is 12.4 Å². The summed E-state index contributed by atoms with van der Waals surface area (Å²) in [6, 6.07) is 3.98. The van der Waals surface area contributed by atoms with Crippen LogP contribution in [0.4, 0.5) is 0 Å². The second kappa shape index (κ2) is 5.00. The number of ether oxygens (including phenoxy) is 1. The molecule has 2 aromatic rings. The van der Waals surface area contributed by atoms with Gasteiger partial charge in [-0.25, -0.2) is 9.97 Å². The van der Waals surface area contributed by atoms with E-state index in [9.17, 15) is 0 Å². The molecular formula is C10H9N3OS2. The molecule has 0 atom stereocenters. The van der Waals surface area contributed by atoms with Gasteiger partial charge in [0, 0.05) is 4.88 Å². The second-order valence-electron chi connectivity index (χ2n) is 2.97. The van der Waals surface area contributed by atoms with E-state index in [-0.39, 0.29) is 4.99 Å². The Hall–Kier alpha value is -1.53. The summed E-state index contributed by atoms with van der Waals surface area (Å²) < 4.78 is 5.44. The molecule has 2 N–H and O–H groups in total. The second-order valence-corrected chi connectivity index (χ2v) is 4.44. The summed E-state index contributed by atoms with van der Waals surface area (Å²) in [6.45, 7) is 0.499. The quantitative estimate of drug-likeness (QED) is 0.839. The molecule has 0 saturated carbocycles. The van der Waals surface area contributed by atoms with Crippen LogP contribution < -0.4 is 10.5 Å². The van der Waals surface area contributed by atoms with E-state index in [1.807, 2.05) is 17.5 Å². The molecule has 6 heteroatoms. The van der Waals surface area contributed by atoms with Crippen LogP contribution in [0.1, 0.15) is 10.6 Å². The Balaban J connectivity index is 1.98. The molecule has 0 bridgehead atoms. The molecule has 4 nitrogen and oxygen atoms in total. The first-order valence-corrected chi connectivity index (χ1v) is 5.81. The molecule has 0 amide bonds. The molecule has 2 heterocycles. The molecule has 0 aliphatic heterocycles. The van der Waals surface area contributed by atoms with E-state index in [1.165, 1.54) is 12.4 Å². The van der Waals surface area contributed by atoms with Gasteiger partial charge < -0.3 is 10.5 Å². The van der Waals surface area contributed by atoms with Crippen molar-refractivity contribution in [2.75, 3.05) is 0 Å². The van der Waals surface area contributed by atoms with E-state index in [2.05, 4.69) is 9.97 Å². The molecule has 16 heavy (non-hydrogen) atoms. The van der Waals surface area contributed by atoms with Gasteiger partial charge >= 0.3 is 0 Å². The molecule has 2 rings (SSSR count). The number of nitrogens with two attached hydrogens (primary N) is 1. The number of hydrogen-bond donors (Lipinski definition) is 1. The van der Waals surface area contributed by atoms with Crippen molar-refractivity contribution in [2.45, 2.75) is 6.61 Å². The zero-order chi connectivity index (χ0) is 11.4. The zero-order valence-corrected chi connectivity index (χ0v) is 9.92. The predicted molar refractivity (Wildman–Crippen MR) is 66.6 cm³/mol. The predicted octanol–water partition coefficient (Wildman–Crippen LogP) is 1.75. The molecule has 0 fully saturated rings. The van der Waals surface area contributed by atoms with Crippen LogP contribution in [0, 0.1) is 0 Å². The third-order valence-corrected chi connectivity index (χ3v) is 2.88. The maximum absolute atomic E-state index is 5.44. The number of thiocarbonyl (C=S) groups is 1. The lowest BCUT2D eigenvalue weighted by Gasteiger charge is -2.03. The number of hydrogen-bond acceptors (Lipinski definition) is 5. The van der Waals surface area contributed by atoms with Crippen LogP contribution in [-0.4, -0.2) is 15.0 Å². The van der Waals surface area contributed by atoms with Gasteiger partial charge in [-0.05, 0) is 11.4 Å². The van der Waals surface area contributed by atoms with Crippen LogP contribution in [0.2, 0.25) is 0 Å². The first-order valence-electron chi connectivity index (χ1n) is 4.53. The number of aromatic nitrogens is 2. The van der Waals surface area contributed by atoms with E-state index in [0.717, 1.165) is 4.88 Å². The van der Waals surface area contributed by atoms with Gasteiger partial charge in [-0.1, -0.05) is 18.3 Å². The lowest BCUT2D eigenvalue weighted by Crippen LogP contribution is -2.12. The van der Waals surface area contributed by atoms with Gasteiger partial charge in [0.2, 0.25) is 5.88 Å². The standard InChI is InChI=1S/C10H9N3OS2/c11-10(15)8-4-13-9(5-12-8)14-6-7-2-1-3-16-7/h1-5H,6H2,(H2,11,15). The summed E-state index contributed by atoms with van der Waals surface area (Å²) in [4.78, 5) is 9.45. The van der Waals surface area contributed by atoms with Gasteiger partial charge in [0.1, 0.15) is 17.3 Å². The lowest BCUT2D eigenvalue weighted by atomic mass is 10.4. The Morgan fingerprint density at radius 1 is 1.44 bits per heavy atom. The van der Waals surface area contributed by atoms with Crippen molar-refractivity contribution >= 4 is 28.5 Å². The maximum Gasteiger partial charge on any atom is 0.232 e.